The number of anilines is 1. The summed E-state index contributed by atoms with van der Waals surface area (Å²) in [6.45, 7) is 6.54. The van der Waals surface area contributed by atoms with Crippen molar-refractivity contribution < 1.29 is 22.7 Å². The number of alkyl halides is 3. The zero-order valence-corrected chi connectivity index (χ0v) is 17.3. The van der Waals surface area contributed by atoms with E-state index in [1.54, 1.807) is 42.7 Å². The molecule has 0 aromatic heterocycles. The van der Waals surface area contributed by atoms with E-state index in [2.05, 4.69) is 0 Å². The van der Waals surface area contributed by atoms with Crippen LogP contribution in [-0.4, -0.2) is 52.8 Å². The molecular weight excluding hydrogens is 383 g/mol. The topological polar surface area (TPSA) is 58.8 Å². The monoisotopic (exact) mass is 413 g/mol. The molecule has 0 aliphatic carbocycles. The summed E-state index contributed by atoms with van der Waals surface area (Å²) in [6, 6.07) is 4.49. The lowest BCUT2D eigenvalue weighted by atomic mass is 9.83. The largest absolute Gasteiger partial charge is 0.444 e. The zero-order valence-electron chi connectivity index (χ0n) is 17.3. The van der Waals surface area contributed by atoms with Crippen LogP contribution in [0.15, 0.2) is 24.3 Å². The second kappa shape index (κ2) is 7.70. The Bertz CT molecular complexity index is 737. The highest BCUT2D eigenvalue weighted by molar-refractivity contribution is 5.68. The molecule has 1 unspecified atom stereocenters. The number of hydrogen-bond donors (Lipinski definition) is 1. The van der Waals surface area contributed by atoms with Gasteiger partial charge >= 0.3 is 12.3 Å². The van der Waals surface area contributed by atoms with Crippen LogP contribution in [0.4, 0.5) is 23.7 Å². The molecule has 2 N–H and O–H groups in total. The minimum Gasteiger partial charge on any atom is -0.444 e. The van der Waals surface area contributed by atoms with Gasteiger partial charge in [-0.2, -0.15) is 13.2 Å². The number of carbonyl (C=O) groups is 1. The first-order chi connectivity index (χ1) is 13.4. The fraction of sp³-hybridized carbons (Fsp3) is 0.667. The van der Waals surface area contributed by atoms with E-state index in [1.807, 2.05) is 0 Å². The van der Waals surface area contributed by atoms with Gasteiger partial charge in [-0.1, -0.05) is 18.2 Å². The molecule has 1 amide bonds. The second-order valence-electron chi connectivity index (χ2n) is 9.06. The summed E-state index contributed by atoms with van der Waals surface area (Å²) in [5, 5.41) is 0. The number of likely N-dealkylation sites (tertiary alicyclic amines) is 2. The Morgan fingerprint density at radius 1 is 1.10 bits per heavy atom. The summed E-state index contributed by atoms with van der Waals surface area (Å²) in [6.07, 6.45) is -2.47. The first kappa shape index (κ1) is 21.7. The summed E-state index contributed by atoms with van der Waals surface area (Å²) in [7, 11) is 0. The Kier molecular flexibility index (Phi) is 5.77. The number of nitrogen functional groups attached to an aromatic ring is 1. The van der Waals surface area contributed by atoms with Crippen molar-refractivity contribution in [2.45, 2.75) is 69.8 Å². The third-order valence-corrected chi connectivity index (χ3v) is 5.91. The molecule has 5 nitrogen and oxygen atoms in total. The van der Waals surface area contributed by atoms with Gasteiger partial charge in [0, 0.05) is 29.9 Å². The Morgan fingerprint density at radius 3 is 2.28 bits per heavy atom. The molecule has 2 aliphatic heterocycles. The van der Waals surface area contributed by atoms with Gasteiger partial charge in [0.25, 0.3) is 0 Å². The van der Waals surface area contributed by atoms with Gasteiger partial charge in [-0.25, -0.2) is 4.79 Å². The summed E-state index contributed by atoms with van der Waals surface area (Å²) in [4.78, 5) is 15.5. The third-order valence-electron chi connectivity index (χ3n) is 5.91. The minimum absolute atomic E-state index is 0.107. The molecule has 29 heavy (non-hydrogen) atoms. The molecule has 1 aromatic carbocycles. The lowest BCUT2D eigenvalue weighted by Crippen LogP contribution is -2.56. The van der Waals surface area contributed by atoms with Gasteiger partial charge in [-0.3, -0.25) is 4.90 Å². The molecule has 1 aromatic rings. The lowest BCUT2D eigenvalue weighted by molar-refractivity contribution is -0.200. The smallest absolute Gasteiger partial charge is 0.410 e. The van der Waals surface area contributed by atoms with E-state index in [9.17, 15) is 18.0 Å². The van der Waals surface area contributed by atoms with Crippen LogP contribution in [-0.2, 0) is 4.74 Å². The number of carbonyl (C=O) groups excluding carboxylic acids is 1. The molecular formula is C21H30F3N3O2. The molecule has 2 heterocycles. The molecule has 3 rings (SSSR count). The number of piperidine rings is 1. The molecule has 162 valence electrons. The van der Waals surface area contributed by atoms with E-state index >= 15 is 0 Å². The van der Waals surface area contributed by atoms with Crippen LogP contribution < -0.4 is 5.73 Å². The lowest BCUT2D eigenvalue weighted by Gasteiger charge is -2.48. The third kappa shape index (κ3) is 4.63. The number of hydrogen-bond acceptors (Lipinski definition) is 4. The average molecular weight is 413 g/mol. The zero-order chi connectivity index (χ0) is 21.4. The van der Waals surface area contributed by atoms with E-state index in [1.165, 1.54) is 12.1 Å². The van der Waals surface area contributed by atoms with E-state index in [0.29, 0.717) is 45.3 Å². The van der Waals surface area contributed by atoms with Crippen LogP contribution in [0.5, 0.6) is 0 Å². The Hall–Kier alpha value is -1.96. The predicted molar refractivity (Wildman–Crippen MR) is 105 cm³/mol. The van der Waals surface area contributed by atoms with Crippen molar-refractivity contribution in [3.8, 4) is 0 Å². The number of para-hydroxylation sites is 1. The molecule has 1 atom stereocenters. The van der Waals surface area contributed by atoms with E-state index in [-0.39, 0.29) is 11.3 Å². The van der Waals surface area contributed by atoms with Crippen LogP contribution in [0.1, 0.15) is 58.1 Å². The summed E-state index contributed by atoms with van der Waals surface area (Å²) < 4.78 is 48.0. The highest BCUT2D eigenvalue weighted by atomic mass is 19.4. The summed E-state index contributed by atoms with van der Waals surface area (Å²) in [5.74, 6) is 0. The highest BCUT2D eigenvalue weighted by Crippen LogP contribution is 2.49. The number of halogens is 3. The Morgan fingerprint density at radius 2 is 1.72 bits per heavy atom. The van der Waals surface area contributed by atoms with Crippen LogP contribution in [0.3, 0.4) is 0 Å². The minimum atomic E-state index is -4.44. The first-order valence-corrected chi connectivity index (χ1v) is 10.1. The summed E-state index contributed by atoms with van der Waals surface area (Å²) in [5.41, 5.74) is 5.01. The van der Waals surface area contributed by atoms with Crippen molar-refractivity contribution in [3.63, 3.8) is 0 Å². The number of nitrogens with two attached hydrogens (primary N) is 1. The molecule has 1 spiro atoms. The van der Waals surface area contributed by atoms with E-state index < -0.39 is 29.5 Å². The van der Waals surface area contributed by atoms with Crippen molar-refractivity contribution in [2.24, 2.45) is 0 Å². The molecule has 8 heteroatoms. The molecule has 2 saturated heterocycles. The fourth-order valence-electron chi connectivity index (χ4n) is 4.61. The van der Waals surface area contributed by atoms with E-state index in [4.69, 9.17) is 10.5 Å². The highest BCUT2D eigenvalue weighted by Gasteiger charge is 2.55. The number of amides is 1. The van der Waals surface area contributed by atoms with E-state index in [0.717, 1.165) is 0 Å². The van der Waals surface area contributed by atoms with Crippen LogP contribution >= 0.6 is 0 Å². The number of nitrogens with zero attached hydrogens (tertiary/aromatic N) is 2. The quantitative estimate of drug-likeness (QED) is 0.712. The van der Waals surface area contributed by atoms with Crippen LogP contribution in [0, 0.1) is 0 Å². The molecule has 0 saturated carbocycles. The van der Waals surface area contributed by atoms with Gasteiger partial charge in [0.1, 0.15) is 11.6 Å². The van der Waals surface area contributed by atoms with Gasteiger partial charge in [0.2, 0.25) is 0 Å². The maximum Gasteiger partial charge on any atom is 0.410 e. The SMILES string of the molecule is CC(C)(C)OC(=O)N1CCC2(CCCN2C(c2ccccc2N)C(F)(F)F)CC1. The van der Waals surface area contributed by atoms with Crippen LogP contribution in [0.2, 0.25) is 0 Å². The molecule has 2 aliphatic rings. The van der Waals surface area contributed by atoms with Crippen molar-refractivity contribution >= 4 is 11.8 Å². The van der Waals surface area contributed by atoms with Crippen molar-refractivity contribution in [3.05, 3.63) is 29.8 Å². The van der Waals surface area contributed by atoms with Gasteiger partial charge in [-0.05, 0) is 59.1 Å². The van der Waals surface area contributed by atoms with Crippen molar-refractivity contribution in [2.75, 3.05) is 25.4 Å². The van der Waals surface area contributed by atoms with Crippen molar-refractivity contribution in [1.82, 2.24) is 9.80 Å². The standard InChI is InChI=1S/C21H30F3N3O2/c1-19(2,3)29-18(28)26-13-10-20(11-14-26)9-6-12-27(20)17(21(22,23)24)15-7-4-5-8-16(15)25/h4-5,7-8,17H,6,9-14,25H2,1-3H3. The second-order valence-corrected chi connectivity index (χ2v) is 9.06. The van der Waals surface area contributed by atoms with Gasteiger partial charge < -0.3 is 15.4 Å². The maximum atomic E-state index is 14.2. The van der Waals surface area contributed by atoms with Crippen LogP contribution in [0.25, 0.3) is 0 Å². The molecule has 0 radical (unpaired) electrons. The fourth-order valence-corrected chi connectivity index (χ4v) is 4.61. The molecule has 0 bridgehead atoms. The first-order valence-electron chi connectivity index (χ1n) is 10.1. The number of rotatable bonds is 2. The van der Waals surface area contributed by atoms with Gasteiger partial charge in [0.15, 0.2) is 0 Å². The van der Waals surface area contributed by atoms with Crippen molar-refractivity contribution in [1.29, 1.82) is 0 Å². The molecule has 2 fully saturated rings. The van der Waals surface area contributed by atoms with Gasteiger partial charge in [0.05, 0.1) is 0 Å². The summed E-state index contributed by atoms with van der Waals surface area (Å²) >= 11 is 0. The normalized spacial score (nSPS) is 21.4. The predicted octanol–water partition coefficient (Wildman–Crippen LogP) is 4.74. The maximum absolute atomic E-state index is 14.2. The number of ether oxygens (including phenoxy) is 1. The Balaban J connectivity index is 1.82. The Labute approximate surface area is 170 Å². The van der Waals surface area contributed by atoms with Gasteiger partial charge in [-0.15, -0.1) is 0 Å². The number of benzene rings is 1. The average Bonchev–Trinajstić information content (AvgIpc) is 2.97.